The first kappa shape index (κ1) is 18.1. The first-order valence-corrected chi connectivity index (χ1v) is 8.63. The number of halogens is 2. The highest BCUT2D eigenvalue weighted by atomic mass is 35.5. The van der Waals surface area contributed by atoms with Crippen LogP contribution in [0.2, 0.25) is 0 Å². The van der Waals surface area contributed by atoms with Gasteiger partial charge in [-0.2, -0.15) is 0 Å². The molecule has 0 unspecified atom stereocenters. The minimum atomic E-state index is -0.692. The second-order valence-corrected chi connectivity index (χ2v) is 6.80. The molecule has 1 atom stereocenters. The predicted molar refractivity (Wildman–Crippen MR) is 92.7 cm³/mol. The third-order valence-corrected chi connectivity index (χ3v) is 4.74. The van der Waals surface area contributed by atoms with Crippen molar-refractivity contribution in [2.75, 3.05) is 11.6 Å². The van der Waals surface area contributed by atoms with Gasteiger partial charge in [0.25, 0.3) is 5.56 Å². The molecule has 0 aliphatic carbocycles. The minimum absolute atomic E-state index is 0.104. The highest BCUT2D eigenvalue weighted by Gasteiger charge is 2.18. The van der Waals surface area contributed by atoms with Gasteiger partial charge in [-0.05, 0) is 6.92 Å². The molecule has 23 heavy (non-hydrogen) atoms. The van der Waals surface area contributed by atoms with Gasteiger partial charge in [0.05, 0.1) is 6.10 Å². The summed E-state index contributed by atoms with van der Waals surface area (Å²) in [6, 6.07) is 0. The Morgan fingerprint density at radius 2 is 2.22 bits per heavy atom. The predicted octanol–water partition coefficient (Wildman–Crippen LogP) is 1.26. The summed E-state index contributed by atoms with van der Waals surface area (Å²) >= 11 is 12.7. The number of nitrogens with zero attached hydrogens (tertiary/aromatic N) is 3. The van der Waals surface area contributed by atoms with Gasteiger partial charge in [-0.15, -0.1) is 11.6 Å². The van der Waals surface area contributed by atoms with Crippen LogP contribution in [-0.4, -0.2) is 41.9 Å². The lowest BCUT2D eigenvalue weighted by Crippen LogP contribution is -2.29. The summed E-state index contributed by atoms with van der Waals surface area (Å²) in [5.41, 5.74) is -0.485. The fraction of sp³-hybridized carbons (Fsp3) is 0.462. The van der Waals surface area contributed by atoms with Crippen LogP contribution in [0.1, 0.15) is 6.92 Å². The lowest BCUT2D eigenvalue weighted by atomic mass is 10.4. The first-order valence-electron chi connectivity index (χ1n) is 6.73. The molecule has 0 amide bonds. The Hall–Kier alpha value is -1.22. The van der Waals surface area contributed by atoms with Gasteiger partial charge in [0, 0.05) is 30.3 Å². The second-order valence-electron chi connectivity index (χ2n) is 4.91. The molecule has 0 saturated carbocycles. The number of rotatable bonds is 6. The molecule has 2 rings (SSSR count). The number of aromatic nitrogens is 4. The van der Waals surface area contributed by atoms with Crippen LogP contribution in [0.4, 0.5) is 0 Å². The van der Waals surface area contributed by atoms with E-state index in [2.05, 4.69) is 9.97 Å². The maximum absolute atomic E-state index is 12.2. The number of aromatic amines is 1. The number of hydrogen-bond donors (Lipinski definition) is 2. The van der Waals surface area contributed by atoms with E-state index in [0.29, 0.717) is 22.5 Å². The van der Waals surface area contributed by atoms with Gasteiger partial charge < -0.3 is 9.67 Å². The van der Waals surface area contributed by atoms with Crippen molar-refractivity contribution in [2.24, 2.45) is 7.05 Å². The Labute approximate surface area is 145 Å². The van der Waals surface area contributed by atoms with E-state index in [-0.39, 0.29) is 17.0 Å². The third kappa shape index (κ3) is 4.00. The zero-order valence-corrected chi connectivity index (χ0v) is 14.9. The van der Waals surface area contributed by atoms with E-state index in [4.69, 9.17) is 23.2 Å². The lowest BCUT2D eigenvalue weighted by Gasteiger charge is -2.08. The van der Waals surface area contributed by atoms with Crippen molar-refractivity contribution in [1.29, 1.82) is 0 Å². The number of aliphatic hydroxyl groups excluding tert-OH is 1. The molecule has 0 spiro atoms. The van der Waals surface area contributed by atoms with Crippen molar-refractivity contribution >= 4 is 46.1 Å². The fourth-order valence-corrected chi connectivity index (χ4v) is 3.17. The van der Waals surface area contributed by atoms with Gasteiger partial charge in [-0.1, -0.05) is 29.4 Å². The minimum Gasteiger partial charge on any atom is -0.391 e. The molecule has 10 heteroatoms. The highest BCUT2D eigenvalue weighted by Crippen LogP contribution is 2.22. The number of alkyl halides is 1. The molecule has 7 nitrogen and oxygen atoms in total. The molecule has 0 bridgehead atoms. The largest absolute Gasteiger partial charge is 0.391 e. The van der Waals surface area contributed by atoms with Crippen molar-refractivity contribution in [3.05, 3.63) is 31.9 Å². The molecule has 2 heterocycles. The van der Waals surface area contributed by atoms with Crippen LogP contribution < -0.4 is 11.2 Å². The molecule has 0 fully saturated rings. The molecular formula is C13H16Cl2N4O3S. The number of H-pyrrole nitrogens is 1. The van der Waals surface area contributed by atoms with Gasteiger partial charge in [-0.25, -0.2) is 9.78 Å². The summed E-state index contributed by atoms with van der Waals surface area (Å²) in [4.78, 5) is 30.5. The first-order chi connectivity index (χ1) is 10.8. The molecule has 0 saturated heterocycles. The van der Waals surface area contributed by atoms with Crippen molar-refractivity contribution < 1.29 is 5.11 Å². The van der Waals surface area contributed by atoms with E-state index >= 15 is 0 Å². The topological polar surface area (TPSA) is 92.9 Å². The average Bonchev–Trinajstić information content (AvgIpc) is 2.87. The molecule has 2 N–H and O–H groups in total. The SMILES string of the molecule is C/C(Cl)=C\Cn1c(SC[C@@H](O)CCl)nc2c1c(=O)[nH]c(=O)n2C. The summed E-state index contributed by atoms with van der Waals surface area (Å²) < 4.78 is 2.93. The Morgan fingerprint density at radius 1 is 1.52 bits per heavy atom. The van der Waals surface area contributed by atoms with E-state index < -0.39 is 17.4 Å². The highest BCUT2D eigenvalue weighted by molar-refractivity contribution is 7.99. The summed E-state index contributed by atoms with van der Waals surface area (Å²) in [7, 11) is 1.53. The van der Waals surface area contributed by atoms with Crippen molar-refractivity contribution in [1.82, 2.24) is 19.1 Å². The lowest BCUT2D eigenvalue weighted by molar-refractivity contribution is 0.223. The van der Waals surface area contributed by atoms with Crippen LogP contribution in [0.3, 0.4) is 0 Å². The summed E-state index contributed by atoms with van der Waals surface area (Å²) in [6.45, 7) is 2.05. The van der Waals surface area contributed by atoms with Crippen molar-refractivity contribution in [3.8, 4) is 0 Å². The summed E-state index contributed by atoms with van der Waals surface area (Å²) in [5.74, 6) is 0.426. The molecule has 126 valence electrons. The zero-order valence-electron chi connectivity index (χ0n) is 12.5. The quantitative estimate of drug-likeness (QED) is 0.582. The monoisotopic (exact) mass is 378 g/mol. The summed E-state index contributed by atoms with van der Waals surface area (Å²) in [6.07, 6.45) is 1.04. The number of nitrogens with one attached hydrogen (secondary N) is 1. The smallest absolute Gasteiger partial charge is 0.329 e. The van der Waals surface area contributed by atoms with Gasteiger partial charge in [0.2, 0.25) is 0 Å². The molecule has 2 aromatic heterocycles. The van der Waals surface area contributed by atoms with Gasteiger partial charge >= 0.3 is 5.69 Å². The van der Waals surface area contributed by atoms with Crippen LogP contribution in [0.5, 0.6) is 0 Å². The standard InChI is InChI=1S/C13H16Cl2N4O3S/c1-7(15)3-4-19-9-10(18(2)12(22)17-11(9)21)16-13(19)23-6-8(20)5-14/h3,8,20H,4-6H2,1-2H3,(H,17,21,22)/b7-3+/t8-/m0/s1. The maximum atomic E-state index is 12.2. The Balaban J connectivity index is 2.60. The normalized spacial score (nSPS) is 13.7. The van der Waals surface area contributed by atoms with Crippen LogP contribution in [0.25, 0.3) is 11.2 Å². The molecule has 0 aliphatic heterocycles. The van der Waals surface area contributed by atoms with E-state index in [0.717, 1.165) is 0 Å². The van der Waals surface area contributed by atoms with Gasteiger partial charge in [0.1, 0.15) is 0 Å². The Bertz CT molecular complexity index is 851. The maximum Gasteiger partial charge on any atom is 0.329 e. The Kier molecular flexibility index (Phi) is 5.96. The van der Waals surface area contributed by atoms with Crippen LogP contribution >= 0.6 is 35.0 Å². The number of hydrogen-bond acceptors (Lipinski definition) is 5. The molecule has 0 radical (unpaired) electrons. The Morgan fingerprint density at radius 3 is 2.83 bits per heavy atom. The van der Waals surface area contributed by atoms with Crippen LogP contribution in [0, 0.1) is 0 Å². The van der Waals surface area contributed by atoms with Gasteiger partial charge in [0.15, 0.2) is 16.3 Å². The van der Waals surface area contributed by atoms with E-state index in [1.54, 1.807) is 17.6 Å². The van der Waals surface area contributed by atoms with E-state index in [1.165, 1.54) is 23.4 Å². The number of thioether (sulfide) groups is 1. The third-order valence-electron chi connectivity index (χ3n) is 3.11. The number of aryl methyl sites for hydroxylation is 1. The second kappa shape index (κ2) is 7.57. The van der Waals surface area contributed by atoms with Crippen LogP contribution in [-0.2, 0) is 13.6 Å². The molecule has 0 aromatic carbocycles. The zero-order chi connectivity index (χ0) is 17.1. The summed E-state index contributed by atoms with van der Waals surface area (Å²) in [5, 5.41) is 10.7. The van der Waals surface area contributed by atoms with Gasteiger partial charge in [-0.3, -0.25) is 14.3 Å². The van der Waals surface area contributed by atoms with E-state index in [1.807, 2.05) is 0 Å². The fourth-order valence-electron chi connectivity index (χ4n) is 1.93. The average molecular weight is 379 g/mol. The molecular weight excluding hydrogens is 363 g/mol. The van der Waals surface area contributed by atoms with Crippen molar-refractivity contribution in [3.63, 3.8) is 0 Å². The number of allylic oxidation sites excluding steroid dienone is 2. The van der Waals surface area contributed by atoms with E-state index in [9.17, 15) is 14.7 Å². The molecule has 2 aromatic rings. The van der Waals surface area contributed by atoms with Crippen LogP contribution in [0.15, 0.2) is 25.9 Å². The number of fused-ring (bicyclic) bond motifs is 1. The van der Waals surface area contributed by atoms with Crippen molar-refractivity contribution in [2.45, 2.75) is 24.7 Å². The number of imidazole rings is 1. The number of aliphatic hydroxyl groups is 1. The molecule has 0 aliphatic rings.